The van der Waals surface area contributed by atoms with Gasteiger partial charge in [-0.3, -0.25) is 4.79 Å². The maximum absolute atomic E-state index is 12.4. The van der Waals surface area contributed by atoms with E-state index < -0.39 is 0 Å². The van der Waals surface area contributed by atoms with Gasteiger partial charge < -0.3 is 15.2 Å². The van der Waals surface area contributed by atoms with Crippen LogP contribution >= 0.6 is 0 Å². The summed E-state index contributed by atoms with van der Waals surface area (Å²) in [6.45, 7) is 5.83. The van der Waals surface area contributed by atoms with Crippen LogP contribution in [0.2, 0.25) is 0 Å². The quantitative estimate of drug-likeness (QED) is 0.818. The fourth-order valence-electron chi connectivity index (χ4n) is 2.72. The van der Waals surface area contributed by atoms with Gasteiger partial charge in [0.1, 0.15) is 6.61 Å². The molecule has 0 bridgehead atoms. The number of ether oxygens (including phenoxy) is 1. The molecule has 2 rings (SSSR count). The Morgan fingerprint density at radius 2 is 1.90 bits per heavy atom. The van der Waals surface area contributed by atoms with Crippen molar-refractivity contribution in [3.63, 3.8) is 0 Å². The van der Waals surface area contributed by atoms with Gasteiger partial charge in [-0.15, -0.1) is 0 Å². The molecule has 21 heavy (non-hydrogen) atoms. The lowest BCUT2D eigenvalue weighted by Crippen LogP contribution is -2.31. The topological polar surface area (TPSA) is 58.6 Å². The smallest absolute Gasteiger partial charge is 0.230 e. The lowest BCUT2D eigenvalue weighted by Gasteiger charge is -2.18. The van der Waals surface area contributed by atoms with Crippen molar-refractivity contribution in [3.8, 4) is 11.8 Å². The van der Waals surface area contributed by atoms with Gasteiger partial charge in [-0.25, -0.2) is 0 Å². The highest BCUT2D eigenvalue weighted by atomic mass is 16.5. The maximum Gasteiger partial charge on any atom is 0.230 e. The number of benzene rings is 1. The Balaban J connectivity index is 2.03. The number of anilines is 1. The Labute approximate surface area is 125 Å². The predicted molar refractivity (Wildman–Crippen MR) is 81.7 cm³/mol. The first-order valence-electron chi connectivity index (χ1n) is 7.19. The van der Waals surface area contributed by atoms with Crippen LogP contribution in [0.4, 0.5) is 5.69 Å². The molecule has 0 aromatic heterocycles. The Morgan fingerprint density at radius 1 is 1.24 bits per heavy atom. The molecule has 1 aromatic carbocycles. The number of amides is 1. The zero-order valence-corrected chi connectivity index (χ0v) is 12.6. The second kappa shape index (κ2) is 6.75. The maximum atomic E-state index is 12.4. The SMILES string of the molecule is CC1OC(C)C(C(=O)Nc2ccc(C#CCO)cc2)C1C. The molecular weight excluding hydrogens is 266 g/mol. The third kappa shape index (κ3) is 3.63. The van der Waals surface area contributed by atoms with Crippen molar-refractivity contribution in [1.29, 1.82) is 0 Å². The van der Waals surface area contributed by atoms with Gasteiger partial charge >= 0.3 is 0 Å². The first-order chi connectivity index (χ1) is 10.0. The Kier molecular flexibility index (Phi) is 5.00. The molecule has 0 spiro atoms. The molecule has 2 N–H and O–H groups in total. The molecule has 1 aliphatic heterocycles. The summed E-state index contributed by atoms with van der Waals surface area (Å²) in [5.74, 6) is 5.47. The van der Waals surface area contributed by atoms with Gasteiger partial charge in [0.15, 0.2) is 0 Å². The van der Waals surface area contributed by atoms with Gasteiger partial charge in [-0.1, -0.05) is 18.8 Å². The summed E-state index contributed by atoms with van der Waals surface area (Å²) >= 11 is 0. The van der Waals surface area contributed by atoms with Crippen LogP contribution < -0.4 is 5.32 Å². The van der Waals surface area contributed by atoms with Crippen LogP contribution in [0.15, 0.2) is 24.3 Å². The van der Waals surface area contributed by atoms with Crippen LogP contribution in [0.1, 0.15) is 26.3 Å². The molecule has 1 aliphatic rings. The minimum absolute atomic E-state index is 0.00598. The average Bonchev–Trinajstić information content (AvgIpc) is 2.71. The summed E-state index contributed by atoms with van der Waals surface area (Å²) in [5.41, 5.74) is 1.55. The summed E-state index contributed by atoms with van der Waals surface area (Å²) < 4.78 is 5.71. The number of carbonyl (C=O) groups is 1. The van der Waals surface area contributed by atoms with E-state index in [0.717, 1.165) is 11.3 Å². The molecule has 1 amide bonds. The lowest BCUT2D eigenvalue weighted by atomic mass is 9.89. The van der Waals surface area contributed by atoms with Gasteiger partial charge in [0, 0.05) is 11.3 Å². The highest BCUT2D eigenvalue weighted by molar-refractivity contribution is 5.93. The highest BCUT2D eigenvalue weighted by Crippen LogP contribution is 2.32. The number of hydrogen-bond acceptors (Lipinski definition) is 3. The van der Waals surface area contributed by atoms with Crippen LogP contribution in [0, 0.1) is 23.7 Å². The van der Waals surface area contributed by atoms with Gasteiger partial charge in [0.25, 0.3) is 0 Å². The Morgan fingerprint density at radius 3 is 2.43 bits per heavy atom. The summed E-state index contributed by atoms with van der Waals surface area (Å²) in [4.78, 5) is 12.4. The molecule has 4 nitrogen and oxygen atoms in total. The lowest BCUT2D eigenvalue weighted by molar-refractivity contribution is -0.121. The minimum atomic E-state index is -0.159. The number of aliphatic hydroxyl groups is 1. The summed E-state index contributed by atoms with van der Waals surface area (Å²) in [6.07, 6.45) is 0.0385. The van der Waals surface area contributed by atoms with E-state index in [2.05, 4.69) is 17.2 Å². The summed E-state index contributed by atoms with van der Waals surface area (Å²) in [5, 5.41) is 11.6. The Bertz CT molecular complexity index is 556. The van der Waals surface area contributed by atoms with Crippen molar-refractivity contribution in [2.24, 2.45) is 11.8 Å². The number of nitrogens with one attached hydrogen (secondary N) is 1. The molecular formula is C17H21NO3. The van der Waals surface area contributed by atoms with Gasteiger partial charge in [0.05, 0.1) is 18.1 Å². The van der Waals surface area contributed by atoms with E-state index in [1.54, 1.807) is 0 Å². The van der Waals surface area contributed by atoms with Crippen LogP contribution in [-0.4, -0.2) is 29.8 Å². The van der Waals surface area contributed by atoms with Crippen LogP contribution in [0.5, 0.6) is 0 Å². The fourth-order valence-corrected chi connectivity index (χ4v) is 2.72. The molecule has 1 fully saturated rings. The number of carbonyl (C=O) groups excluding carboxylic acids is 1. The van der Waals surface area contributed by atoms with Gasteiger partial charge in [-0.05, 0) is 44.0 Å². The van der Waals surface area contributed by atoms with E-state index in [-0.39, 0.29) is 36.6 Å². The molecule has 1 aromatic rings. The molecule has 0 saturated carbocycles. The monoisotopic (exact) mass is 287 g/mol. The molecule has 1 saturated heterocycles. The van der Waals surface area contributed by atoms with Crippen LogP contribution in [0.3, 0.4) is 0 Å². The van der Waals surface area contributed by atoms with Crippen LogP contribution in [-0.2, 0) is 9.53 Å². The summed E-state index contributed by atoms with van der Waals surface area (Å²) in [7, 11) is 0. The second-order valence-electron chi connectivity index (χ2n) is 5.46. The second-order valence-corrected chi connectivity index (χ2v) is 5.46. The number of aliphatic hydroxyl groups excluding tert-OH is 1. The third-order valence-corrected chi connectivity index (χ3v) is 4.01. The van der Waals surface area contributed by atoms with Gasteiger partial charge in [0.2, 0.25) is 5.91 Å². The Hall–Kier alpha value is -1.83. The molecule has 4 atom stereocenters. The molecule has 112 valence electrons. The van der Waals surface area contributed by atoms with Crippen molar-refractivity contribution >= 4 is 11.6 Å². The molecule has 0 aliphatic carbocycles. The molecule has 4 heteroatoms. The van der Waals surface area contributed by atoms with Gasteiger partial charge in [-0.2, -0.15) is 0 Å². The van der Waals surface area contributed by atoms with Crippen LogP contribution in [0.25, 0.3) is 0 Å². The molecule has 0 radical (unpaired) electrons. The number of hydrogen-bond donors (Lipinski definition) is 2. The zero-order valence-electron chi connectivity index (χ0n) is 12.6. The van der Waals surface area contributed by atoms with E-state index in [9.17, 15) is 4.79 Å². The zero-order chi connectivity index (χ0) is 15.4. The summed E-state index contributed by atoms with van der Waals surface area (Å²) in [6, 6.07) is 7.26. The number of rotatable bonds is 2. The van der Waals surface area contributed by atoms with E-state index >= 15 is 0 Å². The van der Waals surface area contributed by atoms with E-state index in [1.807, 2.05) is 45.0 Å². The van der Waals surface area contributed by atoms with E-state index in [0.29, 0.717) is 0 Å². The standard InChI is InChI=1S/C17H21NO3/c1-11-12(2)21-13(3)16(11)17(20)18-15-8-6-14(7-9-15)5-4-10-19/h6-9,11-13,16,19H,10H2,1-3H3,(H,18,20). The molecule has 1 heterocycles. The first kappa shape index (κ1) is 15.6. The largest absolute Gasteiger partial charge is 0.384 e. The van der Waals surface area contributed by atoms with Crippen molar-refractivity contribution in [2.45, 2.75) is 33.0 Å². The fraction of sp³-hybridized carbons (Fsp3) is 0.471. The van der Waals surface area contributed by atoms with E-state index in [1.165, 1.54) is 0 Å². The third-order valence-electron chi connectivity index (χ3n) is 4.01. The van der Waals surface area contributed by atoms with E-state index in [4.69, 9.17) is 9.84 Å². The average molecular weight is 287 g/mol. The minimum Gasteiger partial charge on any atom is -0.384 e. The van der Waals surface area contributed by atoms with Crippen molar-refractivity contribution in [1.82, 2.24) is 0 Å². The van der Waals surface area contributed by atoms with Crippen molar-refractivity contribution in [3.05, 3.63) is 29.8 Å². The highest BCUT2D eigenvalue weighted by Gasteiger charge is 2.41. The molecule has 4 unspecified atom stereocenters. The van der Waals surface area contributed by atoms with Crippen molar-refractivity contribution < 1.29 is 14.6 Å². The van der Waals surface area contributed by atoms with Crippen molar-refractivity contribution in [2.75, 3.05) is 11.9 Å². The normalized spacial score (nSPS) is 27.8. The predicted octanol–water partition coefficient (Wildman–Crippen LogP) is 2.03. The first-order valence-corrected chi connectivity index (χ1v) is 7.19.